The molecule has 0 aliphatic carbocycles. The minimum absolute atomic E-state index is 0.310. The van der Waals surface area contributed by atoms with E-state index in [-0.39, 0.29) is 6.10 Å². The third kappa shape index (κ3) is 6.00. The molecule has 6 rings (SSSR count). The molecule has 0 N–H and O–H groups in total. The maximum atomic E-state index is 6.65. The van der Waals surface area contributed by atoms with Crippen LogP contribution in [0.3, 0.4) is 0 Å². The number of ether oxygens (including phenoxy) is 6. The van der Waals surface area contributed by atoms with Crippen LogP contribution in [0, 0.1) is 0 Å². The fourth-order valence-corrected chi connectivity index (χ4v) is 5.22. The summed E-state index contributed by atoms with van der Waals surface area (Å²) in [5, 5.41) is 8.66. The monoisotopic (exact) mass is 543 g/mol. The van der Waals surface area contributed by atoms with Crippen molar-refractivity contribution in [3.05, 3.63) is 120 Å². The van der Waals surface area contributed by atoms with Crippen molar-refractivity contribution >= 4 is 0 Å². The van der Waals surface area contributed by atoms with Gasteiger partial charge in [0.15, 0.2) is 12.6 Å². The summed E-state index contributed by atoms with van der Waals surface area (Å²) >= 11 is 0. The fraction of sp³-hybridized carbons (Fsp3) is 0.355. The van der Waals surface area contributed by atoms with Gasteiger partial charge in [0.2, 0.25) is 0 Å². The number of hydrogen-bond acceptors (Lipinski definition) is 8. The molecule has 9 nitrogen and oxygen atoms in total. The quantitative estimate of drug-likeness (QED) is 0.287. The summed E-state index contributed by atoms with van der Waals surface area (Å²) in [7, 11) is 1.62. The molecule has 2 aliphatic heterocycles. The van der Waals surface area contributed by atoms with Crippen molar-refractivity contribution in [3.8, 4) is 0 Å². The molecular formula is C31H33N3O6. The van der Waals surface area contributed by atoms with Crippen LogP contribution < -0.4 is 0 Å². The van der Waals surface area contributed by atoms with Gasteiger partial charge >= 0.3 is 0 Å². The SMILES string of the molecule is CO[C@H]1O[C@@H]2CO[C@@H](c3ccccc3)O[C@H]2[C@@H](OCc2ccccc2)[C@@H]1n1nncc1COCc1ccccc1. The van der Waals surface area contributed by atoms with Crippen molar-refractivity contribution in [1.82, 2.24) is 15.0 Å². The van der Waals surface area contributed by atoms with E-state index in [1.165, 1.54) is 0 Å². The maximum Gasteiger partial charge on any atom is 0.184 e. The minimum atomic E-state index is -0.669. The van der Waals surface area contributed by atoms with E-state index in [4.69, 9.17) is 28.4 Å². The molecule has 40 heavy (non-hydrogen) atoms. The summed E-state index contributed by atoms with van der Waals surface area (Å²) < 4.78 is 39.4. The Bertz CT molecular complexity index is 1320. The maximum absolute atomic E-state index is 6.65. The molecule has 6 atom stereocenters. The predicted octanol–water partition coefficient (Wildman–Crippen LogP) is 4.61. The molecule has 0 saturated carbocycles. The van der Waals surface area contributed by atoms with Crippen LogP contribution in [0.5, 0.6) is 0 Å². The first-order valence-electron chi connectivity index (χ1n) is 13.5. The van der Waals surface area contributed by atoms with E-state index >= 15 is 0 Å². The Morgan fingerprint density at radius 2 is 1.50 bits per heavy atom. The van der Waals surface area contributed by atoms with Crippen LogP contribution in [0.4, 0.5) is 0 Å². The number of aromatic nitrogens is 3. The van der Waals surface area contributed by atoms with E-state index in [1.54, 1.807) is 18.0 Å². The second-order valence-corrected chi connectivity index (χ2v) is 9.86. The van der Waals surface area contributed by atoms with Gasteiger partial charge in [0.1, 0.15) is 24.4 Å². The van der Waals surface area contributed by atoms with Gasteiger partial charge in [-0.05, 0) is 11.1 Å². The second-order valence-electron chi connectivity index (χ2n) is 9.86. The summed E-state index contributed by atoms with van der Waals surface area (Å²) in [6.45, 7) is 1.51. The number of benzene rings is 3. The van der Waals surface area contributed by atoms with Crippen LogP contribution in [0.15, 0.2) is 97.2 Å². The lowest BCUT2D eigenvalue weighted by Gasteiger charge is -2.49. The molecule has 1 aromatic heterocycles. The largest absolute Gasteiger partial charge is 0.370 e. The van der Waals surface area contributed by atoms with E-state index < -0.39 is 30.8 Å². The summed E-state index contributed by atoms with van der Waals surface area (Å²) in [6.07, 6.45) is -0.816. The van der Waals surface area contributed by atoms with Crippen molar-refractivity contribution < 1.29 is 28.4 Å². The summed E-state index contributed by atoms with van der Waals surface area (Å²) in [6, 6.07) is 29.5. The van der Waals surface area contributed by atoms with E-state index in [0.29, 0.717) is 26.4 Å². The van der Waals surface area contributed by atoms with E-state index in [2.05, 4.69) is 10.3 Å². The molecule has 9 heteroatoms. The van der Waals surface area contributed by atoms with Crippen molar-refractivity contribution in [3.63, 3.8) is 0 Å². The van der Waals surface area contributed by atoms with Gasteiger partial charge in [-0.15, -0.1) is 5.10 Å². The molecule has 4 aromatic rings. The number of fused-ring (bicyclic) bond motifs is 1. The minimum Gasteiger partial charge on any atom is -0.370 e. The molecule has 208 valence electrons. The molecule has 3 heterocycles. The molecule has 3 aromatic carbocycles. The highest BCUT2D eigenvalue weighted by molar-refractivity contribution is 5.17. The predicted molar refractivity (Wildman–Crippen MR) is 145 cm³/mol. The zero-order chi connectivity index (χ0) is 27.1. The Kier molecular flexibility index (Phi) is 8.58. The highest BCUT2D eigenvalue weighted by Gasteiger charge is 2.52. The first kappa shape index (κ1) is 26.8. The smallest absolute Gasteiger partial charge is 0.184 e. The van der Waals surface area contributed by atoms with Gasteiger partial charge in [0, 0.05) is 12.7 Å². The number of methoxy groups -OCH3 is 1. The van der Waals surface area contributed by atoms with Crippen LogP contribution >= 0.6 is 0 Å². The molecule has 0 radical (unpaired) electrons. The average molecular weight is 544 g/mol. The van der Waals surface area contributed by atoms with Gasteiger partial charge in [0.05, 0.1) is 38.3 Å². The number of rotatable bonds is 10. The number of nitrogens with zero attached hydrogens (tertiary/aromatic N) is 3. The lowest BCUT2D eigenvalue weighted by Crippen LogP contribution is -2.61. The van der Waals surface area contributed by atoms with E-state index in [1.807, 2.05) is 91.0 Å². The lowest BCUT2D eigenvalue weighted by atomic mass is 9.95. The summed E-state index contributed by atoms with van der Waals surface area (Å²) in [4.78, 5) is 0. The Hall–Kier alpha value is -3.44. The Labute approximate surface area is 233 Å². The Morgan fingerprint density at radius 1 is 0.825 bits per heavy atom. The van der Waals surface area contributed by atoms with Gasteiger partial charge in [0.25, 0.3) is 0 Å². The van der Waals surface area contributed by atoms with Crippen molar-refractivity contribution in [2.24, 2.45) is 0 Å². The van der Waals surface area contributed by atoms with Crippen LogP contribution in [0.2, 0.25) is 0 Å². The third-order valence-corrected chi connectivity index (χ3v) is 7.19. The first-order chi connectivity index (χ1) is 19.8. The number of hydrogen-bond donors (Lipinski definition) is 0. The topological polar surface area (TPSA) is 86.1 Å². The van der Waals surface area contributed by atoms with Gasteiger partial charge < -0.3 is 28.4 Å². The average Bonchev–Trinajstić information content (AvgIpc) is 3.48. The van der Waals surface area contributed by atoms with Gasteiger partial charge in [-0.1, -0.05) is 96.2 Å². The second kappa shape index (κ2) is 12.8. The lowest BCUT2D eigenvalue weighted by molar-refractivity contribution is -0.353. The Balaban J connectivity index is 1.27. The molecule has 0 spiro atoms. The van der Waals surface area contributed by atoms with Crippen molar-refractivity contribution in [1.29, 1.82) is 0 Å². The molecule has 0 unspecified atom stereocenters. The molecule has 2 aliphatic rings. The fourth-order valence-electron chi connectivity index (χ4n) is 5.22. The summed E-state index contributed by atoms with van der Waals surface area (Å²) in [5.41, 5.74) is 3.86. The highest BCUT2D eigenvalue weighted by Crippen LogP contribution is 2.40. The normalized spacial score (nSPS) is 26.3. The van der Waals surface area contributed by atoms with E-state index in [9.17, 15) is 0 Å². The summed E-state index contributed by atoms with van der Waals surface area (Å²) in [5.74, 6) is 0. The van der Waals surface area contributed by atoms with Crippen LogP contribution in [-0.2, 0) is 48.2 Å². The van der Waals surface area contributed by atoms with Crippen molar-refractivity contribution in [2.45, 2.75) is 56.8 Å². The first-order valence-corrected chi connectivity index (χ1v) is 13.5. The zero-order valence-corrected chi connectivity index (χ0v) is 22.3. The van der Waals surface area contributed by atoms with Crippen molar-refractivity contribution in [2.75, 3.05) is 13.7 Å². The molecular weight excluding hydrogens is 510 g/mol. The Morgan fingerprint density at radius 3 is 2.20 bits per heavy atom. The zero-order valence-electron chi connectivity index (χ0n) is 22.3. The van der Waals surface area contributed by atoms with Crippen LogP contribution in [-0.4, -0.2) is 53.3 Å². The van der Waals surface area contributed by atoms with Crippen LogP contribution in [0.1, 0.15) is 34.7 Å². The standard InChI is InChI=1S/C31H33N3O6/c1-35-31-27(34-25(17-32-33-34)20-36-18-22-11-5-2-6-12-22)29(37-19-23-13-7-3-8-14-23)28-26(39-31)21-38-30(40-28)24-15-9-4-10-16-24/h2-17,26-31H,18-21H2,1H3/t26-,27+,28-,29+,30-,31+/m1/s1. The third-order valence-electron chi connectivity index (χ3n) is 7.19. The molecule has 0 bridgehead atoms. The van der Waals surface area contributed by atoms with Gasteiger partial charge in [-0.3, -0.25) is 0 Å². The highest BCUT2D eigenvalue weighted by atomic mass is 16.7. The van der Waals surface area contributed by atoms with Gasteiger partial charge in [-0.2, -0.15) is 0 Å². The molecule has 0 amide bonds. The van der Waals surface area contributed by atoms with E-state index in [0.717, 1.165) is 22.4 Å². The molecule has 2 fully saturated rings. The molecule has 2 saturated heterocycles. The van der Waals surface area contributed by atoms with Crippen LogP contribution in [0.25, 0.3) is 0 Å². The van der Waals surface area contributed by atoms with Gasteiger partial charge in [-0.25, -0.2) is 4.68 Å².